The maximum atomic E-state index is 8.61. The van der Waals surface area contributed by atoms with Gasteiger partial charge in [-0.25, -0.2) is 0 Å². The van der Waals surface area contributed by atoms with E-state index >= 15 is 0 Å². The second kappa shape index (κ2) is 7.16. The van der Waals surface area contributed by atoms with Crippen LogP contribution in [0.25, 0.3) is 0 Å². The Kier molecular flexibility index (Phi) is 5.23. The quantitative estimate of drug-likeness (QED) is 0.814. The average molecular weight is 258 g/mol. The Bertz CT molecular complexity index is 413. The van der Waals surface area contributed by atoms with Crippen molar-refractivity contribution in [3.63, 3.8) is 0 Å². The largest absolute Gasteiger partial charge is 0.494 e. The minimum absolute atomic E-state index is 0.647. The van der Waals surface area contributed by atoms with Crippen LogP contribution in [-0.4, -0.2) is 31.1 Å². The molecule has 0 radical (unpaired) electrons. The molecule has 0 amide bonds. The number of rotatable bonds is 5. The van der Waals surface area contributed by atoms with Crippen LogP contribution in [-0.2, 0) is 0 Å². The monoisotopic (exact) mass is 258 g/mol. The first-order chi connectivity index (χ1) is 9.33. The highest BCUT2D eigenvalue weighted by atomic mass is 16.5. The summed E-state index contributed by atoms with van der Waals surface area (Å²) in [5.74, 6) is 1.62. The molecule has 0 bridgehead atoms. The van der Waals surface area contributed by atoms with E-state index in [1.165, 1.54) is 18.4 Å². The van der Waals surface area contributed by atoms with Gasteiger partial charge in [0, 0.05) is 13.0 Å². The number of piperidine rings is 1. The van der Waals surface area contributed by atoms with Crippen LogP contribution in [0.3, 0.4) is 0 Å². The molecule has 1 aromatic rings. The number of hydrogen-bond donors (Lipinski definition) is 0. The SMILES string of the molecule is CCOc1ccc(C2CCN(CCC#N)CC2)cc1. The van der Waals surface area contributed by atoms with Gasteiger partial charge in [0.05, 0.1) is 12.7 Å². The minimum atomic E-state index is 0.647. The predicted molar refractivity (Wildman–Crippen MR) is 76.3 cm³/mol. The molecule has 0 saturated carbocycles. The number of nitrogens with zero attached hydrogens (tertiary/aromatic N) is 2. The summed E-state index contributed by atoms with van der Waals surface area (Å²) in [6.07, 6.45) is 3.03. The molecule has 1 aliphatic heterocycles. The maximum absolute atomic E-state index is 8.61. The molecule has 0 aromatic heterocycles. The molecule has 3 nitrogen and oxygen atoms in total. The van der Waals surface area contributed by atoms with Crippen molar-refractivity contribution in [1.29, 1.82) is 5.26 Å². The van der Waals surface area contributed by atoms with E-state index in [0.717, 1.165) is 32.0 Å². The fourth-order valence-electron chi connectivity index (χ4n) is 2.70. The Morgan fingerprint density at radius 3 is 2.53 bits per heavy atom. The smallest absolute Gasteiger partial charge is 0.119 e. The molecule has 1 aliphatic rings. The predicted octanol–water partition coefficient (Wildman–Crippen LogP) is 3.18. The van der Waals surface area contributed by atoms with Crippen molar-refractivity contribution < 1.29 is 4.74 Å². The molecule has 102 valence electrons. The molecule has 2 rings (SSSR count). The molecular weight excluding hydrogens is 236 g/mol. The van der Waals surface area contributed by atoms with Crippen LogP contribution >= 0.6 is 0 Å². The van der Waals surface area contributed by atoms with E-state index in [4.69, 9.17) is 10.00 Å². The van der Waals surface area contributed by atoms with Crippen molar-refractivity contribution in [2.24, 2.45) is 0 Å². The highest BCUT2D eigenvalue weighted by Gasteiger charge is 2.20. The van der Waals surface area contributed by atoms with Gasteiger partial charge in [0.2, 0.25) is 0 Å². The zero-order valence-corrected chi connectivity index (χ0v) is 11.6. The molecular formula is C16H22N2O. The summed E-state index contributed by atoms with van der Waals surface area (Å²) in [6, 6.07) is 10.8. The molecule has 1 aromatic carbocycles. The zero-order chi connectivity index (χ0) is 13.5. The van der Waals surface area contributed by atoms with Crippen molar-refractivity contribution in [1.82, 2.24) is 4.90 Å². The highest BCUT2D eigenvalue weighted by molar-refractivity contribution is 5.29. The van der Waals surface area contributed by atoms with Crippen molar-refractivity contribution in [3.05, 3.63) is 29.8 Å². The minimum Gasteiger partial charge on any atom is -0.494 e. The van der Waals surface area contributed by atoms with Gasteiger partial charge in [-0.1, -0.05) is 12.1 Å². The topological polar surface area (TPSA) is 36.3 Å². The van der Waals surface area contributed by atoms with Crippen molar-refractivity contribution in [2.45, 2.75) is 32.1 Å². The van der Waals surface area contributed by atoms with Gasteiger partial charge in [0.1, 0.15) is 5.75 Å². The molecule has 1 heterocycles. The second-order valence-corrected chi connectivity index (χ2v) is 5.03. The molecule has 3 heteroatoms. The third-order valence-corrected chi connectivity index (χ3v) is 3.79. The number of hydrogen-bond acceptors (Lipinski definition) is 3. The number of benzene rings is 1. The summed E-state index contributed by atoms with van der Waals surface area (Å²) in [4.78, 5) is 2.40. The van der Waals surface area contributed by atoms with E-state index in [1.54, 1.807) is 0 Å². The maximum Gasteiger partial charge on any atom is 0.119 e. The van der Waals surface area contributed by atoms with Crippen LogP contribution in [0.5, 0.6) is 5.75 Å². The second-order valence-electron chi connectivity index (χ2n) is 5.03. The van der Waals surface area contributed by atoms with Gasteiger partial charge in [0.15, 0.2) is 0 Å². The Morgan fingerprint density at radius 2 is 1.95 bits per heavy atom. The van der Waals surface area contributed by atoms with E-state index in [-0.39, 0.29) is 0 Å². The lowest BCUT2D eigenvalue weighted by atomic mass is 9.89. The molecule has 1 saturated heterocycles. The van der Waals surface area contributed by atoms with Gasteiger partial charge < -0.3 is 9.64 Å². The molecule has 0 unspecified atom stereocenters. The molecule has 19 heavy (non-hydrogen) atoms. The fourth-order valence-corrected chi connectivity index (χ4v) is 2.70. The summed E-state index contributed by atoms with van der Waals surface area (Å²) in [7, 11) is 0. The van der Waals surface area contributed by atoms with Gasteiger partial charge in [-0.3, -0.25) is 0 Å². The molecule has 0 aliphatic carbocycles. The van der Waals surface area contributed by atoms with E-state index < -0.39 is 0 Å². The van der Waals surface area contributed by atoms with Crippen LogP contribution in [0, 0.1) is 11.3 Å². The lowest BCUT2D eigenvalue weighted by Crippen LogP contribution is -2.33. The Hall–Kier alpha value is -1.53. The summed E-state index contributed by atoms with van der Waals surface area (Å²) in [5, 5.41) is 8.61. The lowest BCUT2D eigenvalue weighted by molar-refractivity contribution is 0.216. The van der Waals surface area contributed by atoms with Crippen LogP contribution in [0.4, 0.5) is 0 Å². The molecule has 1 fully saturated rings. The summed E-state index contributed by atoms with van der Waals surface area (Å²) >= 11 is 0. The molecule has 0 spiro atoms. The first-order valence-electron chi connectivity index (χ1n) is 7.15. The molecule has 0 N–H and O–H groups in total. The number of ether oxygens (including phenoxy) is 1. The van der Waals surface area contributed by atoms with Gasteiger partial charge in [-0.15, -0.1) is 0 Å². The zero-order valence-electron chi connectivity index (χ0n) is 11.6. The fraction of sp³-hybridized carbons (Fsp3) is 0.562. The van der Waals surface area contributed by atoms with Crippen molar-refractivity contribution >= 4 is 0 Å². The third-order valence-electron chi connectivity index (χ3n) is 3.79. The summed E-state index contributed by atoms with van der Waals surface area (Å²) < 4.78 is 5.47. The van der Waals surface area contributed by atoms with Crippen LogP contribution in [0.1, 0.15) is 37.7 Å². The summed E-state index contributed by atoms with van der Waals surface area (Å²) in [5.41, 5.74) is 1.42. The van der Waals surface area contributed by atoms with E-state index in [0.29, 0.717) is 12.3 Å². The van der Waals surface area contributed by atoms with Gasteiger partial charge in [0.25, 0.3) is 0 Å². The Balaban J connectivity index is 1.85. The first-order valence-corrected chi connectivity index (χ1v) is 7.15. The van der Waals surface area contributed by atoms with Crippen molar-refractivity contribution in [2.75, 3.05) is 26.2 Å². The van der Waals surface area contributed by atoms with Crippen LogP contribution in [0.2, 0.25) is 0 Å². The van der Waals surface area contributed by atoms with E-state index in [9.17, 15) is 0 Å². The Labute approximate surface area is 115 Å². The molecule has 0 atom stereocenters. The Morgan fingerprint density at radius 1 is 1.26 bits per heavy atom. The number of nitriles is 1. The normalized spacial score (nSPS) is 17.1. The first kappa shape index (κ1) is 13.9. The van der Waals surface area contributed by atoms with Crippen LogP contribution in [0.15, 0.2) is 24.3 Å². The van der Waals surface area contributed by atoms with E-state index in [2.05, 4.69) is 35.2 Å². The summed E-state index contributed by atoms with van der Waals surface area (Å²) in [6.45, 7) is 5.87. The van der Waals surface area contributed by atoms with Gasteiger partial charge in [-0.05, 0) is 56.5 Å². The van der Waals surface area contributed by atoms with Gasteiger partial charge in [-0.2, -0.15) is 5.26 Å². The van der Waals surface area contributed by atoms with Crippen LogP contribution < -0.4 is 4.74 Å². The lowest BCUT2D eigenvalue weighted by Gasteiger charge is -2.31. The van der Waals surface area contributed by atoms with E-state index in [1.807, 2.05) is 6.92 Å². The standard InChI is InChI=1S/C16H22N2O/c1-2-19-16-6-4-14(5-7-16)15-8-12-18(13-9-15)11-3-10-17/h4-7,15H,2-3,8-9,11-13H2,1H3. The third kappa shape index (κ3) is 3.97. The highest BCUT2D eigenvalue weighted by Crippen LogP contribution is 2.29. The van der Waals surface area contributed by atoms with Gasteiger partial charge >= 0.3 is 0 Å². The average Bonchev–Trinajstić information content (AvgIpc) is 2.47. The number of likely N-dealkylation sites (tertiary alicyclic amines) is 1. The van der Waals surface area contributed by atoms with Crippen molar-refractivity contribution in [3.8, 4) is 11.8 Å².